The molecule has 1 aromatic carbocycles. The summed E-state index contributed by atoms with van der Waals surface area (Å²) in [6.45, 7) is 0. The van der Waals surface area contributed by atoms with Gasteiger partial charge in [-0.05, 0) is 41.9 Å². The van der Waals surface area contributed by atoms with Gasteiger partial charge in [0, 0.05) is 17.6 Å². The van der Waals surface area contributed by atoms with Crippen LogP contribution in [-0.2, 0) is 0 Å². The fourth-order valence-electron chi connectivity index (χ4n) is 2.27. The van der Waals surface area contributed by atoms with Crippen LogP contribution in [0.4, 0.5) is 17.2 Å². The number of nitrogens with zero attached hydrogens (tertiary/aromatic N) is 3. The average Bonchev–Trinajstić information content (AvgIpc) is 3.25. The van der Waals surface area contributed by atoms with Gasteiger partial charge in [-0.2, -0.15) is 0 Å². The summed E-state index contributed by atoms with van der Waals surface area (Å²) in [6, 6.07) is 6.70. The third kappa shape index (κ3) is 5.08. The Balaban J connectivity index is 1.75. The molecule has 0 radical (unpaired) electrons. The molecule has 0 fully saturated rings. The van der Waals surface area contributed by atoms with Gasteiger partial charge in [0.25, 0.3) is 5.91 Å². The SMILES string of the molecule is COc1cc(OC)c(NC(=S)Nc2cccnc2NC(=O)c2csnn2)cc1Cl. The summed E-state index contributed by atoms with van der Waals surface area (Å²) >= 11 is 12.6. The minimum Gasteiger partial charge on any atom is -0.495 e. The number of benzene rings is 1. The summed E-state index contributed by atoms with van der Waals surface area (Å²) in [6.07, 6.45) is 1.54. The number of pyridine rings is 1. The second kappa shape index (κ2) is 9.45. The molecule has 0 atom stereocenters. The van der Waals surface area contributed by atoms with E-state index in [2.05, 4.69) is 30.5 Å². The molecule has 9 nitrogen and oxygen atoms in total. The number of ether oxygens (including phenoxy) is 2. The number of hydrogen-bond donors (Lipinski definition) is 3. The van der Waals surface area contributed by atoms with Crippen molar-refractivity contribution in [3.8, 4) is 11.5 Å². The molecule has 0 aliphatic carbocycles. The summed E-state index contributed by atoms with van der Waals surface area (Å²) in [5, 5.41) is 14.6. The van der Waals surface area contributed by atoms with E-state index in [0.717, 1.165) is 11.5 Å². The molecule has 0 unspecified atom stereocenters. The maximum absolute atomic E-state index is 12.2. The van der Waals surface area contributed by atoms with Crippen molar-refractivity contribution in [3.63, 3.8) is 0 Å². The number of aromatic nitrogens is 3. The van der Waals surface area contributed by atoms with Gasteiger partial charge in [-0.1, -0.05) is 16.1 Å². The van der Waals surface area contributed by atoms with Crippen LogP contribution >= 0.6 is 35.4 Å². The van der Waals surface area contributed by atoms with Crippen LogP contribution in [0, 0.1) is 0 Å². The fourth-order valence-corrected chi connectivity index (χ4v) is 3.17. The Bertz CT molecular complexity index is 1030. The Labute approximate surface area is 180 Å². The maximum Gasteiger partial charge on any atom is 0.278 e. The van der Waals surface area contributed by atoms with Crippen LogP contribution in [0.1, 0.15) is 10.5 Å². The summed E-state index contributed by atoms with van der Waals surface area (Å²) in [4.78, 5) is 16.4. The second-order valence-electron chi connectivity index (χ2n) is 5.41. The van der Waals surface area contributed by atoms with Crippen molar-refractivity contribution in [2.75, 3.05) is 30.2 Å². The largest absolute Gasteiger partial charge is 0.495 e. The molecule has 2 heterocycles. The molecule has 29 heavy (non-hydrogen) atoms. The lowest BCUT2D eigenvalue weighted by atomic mass is 10.2. The van der Waals surface area contributed by atoms with Gasteiger partial charge >= 0.3 is 0 Å². The van der Waals surface area contributed by atoms with Gasteiger partial charge in [0.05, 0.1) is 30.6 Å². The van der Waals surface area contributed by atoms with Crippen LogP contribution < -0.4 is 25.4 Å². The molecule has 0 saturated carbocycles. The van der Waals surface area contributed by atoms with Crippen molar-refractivity contribution >= 4 is 63.6 Å². The number of methoxy groups -OCH3 is 2. The van der Waals surface area contributed by atoms with E-state index >= 15 is 0 Å². The van der Waals surface area contributed by atoms with E-state index in [0.29, 0.717) is 27.9 Å². The molecule has 3 rings (SSSR count). The van der Waals surface area contributed by atoms with E-state index in [1.54, 1.807) is 30.5 Å². The van der Waals surface area contributed by atoms with Crippen LogP contribution in [0.2, 0.25) is 5.02 Å². The number of carbonyl (C=O) groups excluding carboxylic acids is 1. The van der Waals surface area contributed by atoms with Crippen molar-refractivity contribution in [3.05, 3.63) is 46.6 Å². The van der Waals surface area contributed by atoms with Crippen LogP contribution in [0.3, 0.4) is 0 Å². The topological polar surface area (TPSA) is 110 Å². The van der Waals surface area contributed by atoms with Crippen LogP contribution in [0.15, 0.2) is 35.8 Å². The number of halogens is 1. The predicted molar refractivity (Wildman–Crippen MR) is 116 cm³/mol. The molecule has 3 aromatic rings. The lowest BCUT2D eigenvalue weighted by molar-refractivity contribution is 0.102. The molecule has 12 heteroatoms. The number of thiocarbonyl (C=S) groups is 1. The van der Waals surface area contributed by atoms with Crippen LogP contribution in [0.5, 0.6) is 11.5 Å². The fraction of sp³-hybridized carbons (Fsp3) is 0.118. The highest BCUT2D eigenvalue weighted by atomic mass is 35.5. The van der Waals surface area contributed by atoms with Gasteiger partial charge in [-0.3, -0.25) is 4.79 Å². The maximum atomic E-state index is 12.2. The third-order valence-corrected chi connectivity index (χ3v) is 4.61. The normalized spacial score (nSPS) is 10.2. The predicted octanol–water partition coefficient (Wildman–Crippen LogP) is 3.66. The summed E-state index contributed by atoms with van der Waals surface area (Å²) in [5.74, 6) is 0.824. The average molecular weight is 451 g/mol. The van der Waals surface area contributed by atoms with Gasteiger partial charge in [0.2, 0.25) is 0 Å². The quantitative estimate of drug-likeness (QED) is 0.484. The molecule has 150 valence electrons. The lowest BCUT2D eigenvalue weighted by Crippen LogP contribution is -2.22. The van der Waals surface area contributed by atoms with Gasteiger partial charge in [-0.25, -0.2) is 4.98 Å². The van der Waals surface area contributed by atoms with Gasteiger partial charge < -0.3 is 25.4 Å². The zero-order valence-electron chi connectivity index (χ0n) is 15.2. The Morgan fingerprint density at radius 1 is 1.14 bits per heavy atom. The standard InChI is InChI=1S/C17H15ClN6O3S2/c1-26-13-7-14(27-2)11(6-9(13)18)21-17(28)20-10-4-3-5-19-15(10)22-16(25)12-8-29-24-23-12/h3-8H,1-2H3,(H,19,22,25)(H2,20,21,28). The molecule has 2 aromatic heterocycles. The first kappa shape index (κ1) is 20.7. The van der Waals surface area contributed by atoms with E-state index < -0.39 is 5.91 Å². The highest BCUT2D eigenvalue weighted by Crippen LogP contribution is 2.36. The Kier molecular flexibility index (Phi) is 6.75. The molecule has 0 aliphatic heterocycles. The molecule has 0 aliphatic rings. The van der Waals surface area contributed by atoms with Crippen molar-refractivity contribution in [1.29, 1.82) is 0 Å². The molecule has 0 spiro atoms. The van der Waals surface area contributed by atoms with E-state index in [9.17, 15) is 4.79 Å². The minimum absolute atomic E-state index is 0.199. The molecule has 3 N–H and O–H groups in total. The Morgan fingerprint density at radius 2 is 1.90 bits per heavy atom. The number of amides is 1. The van der Waals surface area contributed by atoms with E-state index in [4.69, 9.17) is 33.3 Å². The number of carbonyl (C=O) groups is 1. The van der Waals surface area contributed by atoms with Crippen molar-refractivity contribution in [1.82, 2.24) is 14.6 Å². The summed E-state index contributed by atoms with van der Waals surface area (Å²) in [7, 11) is 3.03. The highest BCUT2D eigenvalue weighted by Gasteiger charge is 2.15. The molecule has 0 bridgehead atoms. The number of nitrogens with one attached hydrogen (secondary N) is 3. The smallest absolute Gasteiger partial charge is 0.278 e. The molecular weight excluding hydrogens is 436 g/mol. The molecule has 0 saturated heterocycles. The third-order valence-electron chi connectivity index (χ3n) is 3.60. The summed E-state index contributed by atoms with van der Waals surface area (Å²) in [5.41, 5.74) is 1.23. The Hall–Kier alpha value is -3.02. The zero-order chi connectivity index (χ0) is 20.8. The van der Waals surface area contributed by atoms with E-state index in [-0.39, 0.29) is 16.6 Å². The van der Waals surface area contributed by atoms with Crippen molar-refractivity contribution < 1.29 is 14.3 Å². The monoisotopic (exact) mass is 450 g/mol. The van der Waals surface area contributed by atoms with Crippen molar-refractivity contribution in [2.45, 2.75) is 0 Å². The van der Waals surface area contributed by atoms with E-state index in [1.165, 1.54) is 19.6 Å². The molecule has 1 amide bonds. The number of anilines is 3. The minimum atomic E-state index is -0.428. The first-order chi connectivity index (χ1) is 14.0. The van der Waals surface area contributed by atoms with Crippen LogP contribution in [0.25, 0.3) is 0 Å². The van der Waals surface area contributed by atoms with Gasteiger partial charge in [0.15, 0.2) is 16.6 Å². The number of rotatable bonds is 6. The van der Waals surface area contributed by atoms with Gasteiger partial charge in [0.1, 0.15) is 11.5 Å². The first-order valence-electron chi connectivity index (χ1n) is 8.04. The lowest BCUT2D eigenvalue weighted by Gasteiger charge is -2.16. The molecular formula is C17H15ClN6O3S2. The summed E-state index contributed by atoms with van der Waals surface area (Å²) < 4.78 is 14.2. The van der Waals surface area contributed by atoms with Crippen LogP contribution in [-0.4, -0.2) is 39.8 Å². The highest BCUT2D eigenvalue weighted by molar-refractivity contribution is 7.80. The second-order valence-corrected chi connectivity index (χ2v) is 6.84. The Morgan fingerprint density at radius 3 is 2.59 bits per heavy atom. The van der Waals surface area contributed by atoms with Gasteiger partial charge in [-0.15, -0.1) is 5.10 Å². The van der Waals surface area contributed by atoms with E-state index in [1.807, 2.05) is 0 Å². The number of hydrogen-bond acceptors (Lipinski definition) is 8. The van der Waals surface area contributed by atoms with Crippen molar-refractivity contribution in [2.24, 2.45) is 0 Å². The zero-order valence-corrected chi connectivity index (χ0v) is 17.6. The first-order valence-corrected chi connectivity index (χ1v) is 9.67.